The fourth-order valence-corrected chi connectivity index (χ4v) is 2.83. The lowest BCUT2D eigenvalue weighted by Gasteiger charge is -2.37. The molecule has 1 unspecified atom stereocenters. The summed E-state index contributed by atoms with van der Waals surface area (Å²) in [5.41, 5.74) is 1.17. The summed E-state index contributed by atoms with van der Waals surface area (Å²) >= 11 is 0. The van der Waals surface area contributed by atoms with E-state index in [2.05, 4.69) is 28.2 Å². The summed E-state index contributed by atoms with van der Waals surface area (Å²) in [6.45, 7) is 5.36. The highest BCUT2D eigenvalue weighted by Gasteiger charge is 2.21. The minimum absolute atomic E-state index is 0.0390. The van der Waals surface area contributed by atoms with Gasteiger partial charge in [-0.25, -0.2) is 4.98 Å². The summed E-state index contributed by atoms with van der Waals surface area (Å²) in [6, 6.07) is 4.61. The third kappa shape index (κ3) is 3.71. The first kappa shape index (κ1) is 14.8. The molecule has 1 aliphatic heterocycles. The maximum atomic E-state index is 11.5. The molecule has 110 valence electrons. The van der Waals surface area contributed by atoms with Gasteiger partial charge in [0.25, 0.3) is 0 Å². The number of pyridine rings is 1. The van der Waals surface area contributed by atoms with E-state index in [0.29, 0.717) is 18.3 Å². The molecule has 0 saturated carbocycles. The van der Waals surface area contributed by atoms with Crippen LogP contribution in [0.25, 0.3) is 0 Å². The van der Waals surface area contributed by atoms with E-state index in [1.165, 1.54) is 31.4 Å². The van der Waals surface area contributed by atoms with Crippen LogP contribution in [0.5, 0.6) is 0 Å². The predicted molar refractivity (Wildman–Crippen MR) is 83.1 cm³/mol. The predicted octanol–water partition coefficient (Wildman–Crippen LogP) is 3.59. The molecule has 20 heavy (non-hydrogen) atoms. The zero-order valence-electron chi connectivity index (χ0n) is 12.6. The molecule has 1 aromatic heterocycles. The number of anilines is 2. The Hall–Kier alpha value is -1.58. The fraction of sp³-hybridized carbons (Fsp3) is 0.625. The molecule has 1 aromatic rings. The van der Waals surface area contributed by atoms with Gasteiger partial charge in [0.1, 0.15) is 5.82 Å². The molecule has 4 nitrogen and oxygen atoms in total. The maximum Gasteiger partial charge on any atom is 0.225 e. The SMILES string of the molecule is CCCC(=O)Nc1ccc(N2CCCCC2CC)cn1. The number of carbonyl (C=O) groups is 1. The molecule has 0 radical (unpaired) electrons. The van der Waals surface area contributed by atoms with Crippen LogP contribution >= 0.6 is 0 Å². The Morgan fingerprint density at radius 2 is 2.25 bits per heavy atom. The molecule has 1 aliphatic rings. The van der Waals surface area contributed by atoms with Crippen LogP contribution in [0.1, 0.15) is 52.4 Å². The number of nitrogens with one attached hydrogen (secondary N) is 1. The van der Waals surface area contributed by atoms with Gasteiger partial charge in [0.15, 0.2) is 0 Å². The molecule has 1 amide bonds. The normalized spacial score (nSPS) is 18.9. The summed E-state index contributed by atoms with van der Waals surface area (Å²) in [4.78, 5) is 18.4. The van der Waals surface area contributed by atoms with E-state index in [-0.39, 0.29) is 5.91 Å². The second kappa shape index (κ2) is 7.27. The van der Waals surface area contributed by atoms with Crippen molar-refractivity contribution in [2.75, 3.05) is 16.8 Å². The first-order chi connectivity index (χ1) is 9.74. The van der Waals surface area contributed by atoms with Crippen molar-refractivity contribution in [3.8, 4) is 0 Å². The number of amides is 1. The van der Waals surface area contributed by atoms with Crippen LogP contribution in [-0.2, 0) is 4.79 Å². The fourth-order valence-electron chi connectivity index (χ4n) is 2.83. The number of aromatic nitrogens is 1. The molecule has 0 bridgehead atoms. The number of piperidine rings is 1. The van der Waals surface area contributed by atoms with Crippen LogP contribution < -0.4 is 10.2 Å². The maximum absolute atomic E-state index is 11.5. The highest BCUT2D eigenvalue weighted by Crippen LogP contribution is 2.26. The highest BCUT2D eigenvalue weighted by atomic mass is 16.1. The van der Waals surface area contributed by atoms with Crippen molar-refractivity contribution in [2.45, 2.75) is 58.4 Å². The van der Waals surface area contributed by atoms with Crippen LogP contribution in [0.15, 0.2) is 18.3 Å². The van der Waals surface area contributed by atoms with Crippen LogP contribution in [0.3, 0.4) is 0 Å². The first-order valence-electron chi connectivity index (χ1n) is 7.77. The van der Waals surface area contributed by atoms with Crippen molar-refractivity contribution in [3.05, 3.63) is 18.3 Å². The van der Waals surface area contributed by atoms with Gasteiger partial charge in [0, 0.05) is 19.0 Å². The third-order valence-corrected chi connectivity index (χ3v) is 3.92. The minimum Gasteiger partial charge on any atom is -0.367 e. The monoisotopic (exact) mass is 275 g/mol. The Morgan fingerprint density at radius 1 is 1.40 bits per heavy atom. The molecule has 1 N–H and O–H groups in total. The Labute approximate surface area is 121 Å². The molecule has 1 atom stereocenters. The average molecular weight is 275 g/mol. The van der Waals surface area contributed by atoms with E-state index < -0.39 is 0 Å². The highest BCUT2D eigenvalue weighted by molar-refractivity contribution is 5.89. The van der Waals surface area contributed by atoms with Crippen molar-refractivity contribution in [2.24, 2.45) is 0 Å². The van der Waals surface area contributed by atoms with E-state index in [1.807, 2.05) is 19.2 Å². The number of hydrogen-bond donors (Lipinski definition) is 1. The number of rotatable bonds is 5. The van der Waals surface area contributed by atoms with Crippen LogP contribution in [-0.4, -0.2) is 23.5 Å². The first-order valence-corrected chi connectivity index (χ1v) is 7.77. The Morgan fingerprint density at radius 3 is 2.90 bits per heavy atom. The van der Waals surface area contributed by atoms with Crippen LogP contribution in [0, 0.1) is 0 Å². The zero-order chi connectivity index (χ0) is 14.4. The summed E-state index contributed by atoms with van der Waals surface area (Å²) in [5.74, 6) is 0.689. The zero-order valence-corrected chi connectivity index (χ0v) is 12.6. The average Bonchev–Trinajstić information content (AvgIpc) is 2.48. The Bertz CT molecular complexity index is 430. The molecule has 1 fully saturated rings. The lowest BCUT2D eigenvalue weighted by atomic mass is 9.99. The summed E-state index contributed by atoms with van der Waals surface area (Å²) in [7, 11) is 0. The second-order valence-electron chi connectivity index (χ2n) is 5.45. The molecule has 4 heteroatoms. The molecule has 1 saturated heterocycles. The van der Waals surface area contributed by atoms with Gasteiger partial charge < -0.3 is 10.2 Å². The van der Waals surface area contributed by atoms with Gasteiger partial charge in [-0.05, 0) is 44.2 Å². The molecule has 2 rings (SSSR count). The topological polar surface area (TPSA) is 45.2 Å². The number of hydrogen-bond acceptors (Lipinski definition) is 3. The van der Waals surface area contributed by atoms with E-state index >= 15 is 0 Å². The quantitative estimate of drug-likeness (QED) is 0.893. The van der Waals surface area contributed by atoms with Crippen molar-refractivity contribution in [1.82, 2.24) is 4.98 Å². The lowest BCUT2D eigenvalue weighted by molar-refractivity contribution is -0.116. The van der Waals surface area contributed by atoms with Gasteiger partial charge >= 0.3 is 0 Å². The summed E-state index contributed by atoms with van der Waals surface area (Å²) in [6.07, 6.45) is 8.32. The van der Waals surface area contributed by atoms with E-state index in [0.717, 1.165) is 13.0 Å². The Balaban J connectivity index is 2.01. The van der Waals surface area contributed by atoms with Gasteiger partial charge in [0.05, 0.1) is 11.9 Å². The van der Waals surface area contributed by atoms with E-state index in [1.54, 1.807) is 0 Å². The van der Waals surface area contributed by atoms with Gasteiger partial charge in [-0.3, -0.25) is 4.79 Å². The molecule has 0 spiro atoms. The van der Waals surface area contributed by atoms with Gasteiger partial charge in [-0.1, -0.05) is 13.8 Å². The summed E-state index contributed by atoms with van der Waals surface area (Å²) < 4.78 is 0. The van der Waals surface area contributed by atoms with Crippen molar-refractivity contribution in [3.63, 3.8) is 0 Å². The van der Waals surface area contributed by atoms with Crippen molar-refractivity contribution in [1.29, 1.82) is 0 Å². The van der Waals surface area contributed by atoms with Gasteiger partial charge in [-0.15, -0.1) is 0 Å². The summed E-state index contributed by atoms with van der Waals surface area (Å²) in [5, 5.41) is 2.83. The molecule has 2 heterocycles. The smallest absolute Gasteiger partial charge is 0.225 e. The number of carbonyl (C=O) groups excluding carboxylic acids is 1. The molecule has 0 aliphatic carbocycles. The van der Waals surface area contributed by atoms with Crippen LogP contribution in [0.4, 0.5) is 11.5 Å². The standard InChI is InChI=1S/C16H25N3O/c1-3-7-16(20)18-15-10-9-14(12-17-15)19-11-6-5-8-13(19)4-2/h9-10,12-13H,3-8,11H2,1-2H3,(H,17,18,20). The third-order valence-electron chi connectivity index (χ3n) is 3.92. The Kier molecular flexibility index (Phi) is 5.39. The lowest BCUT2D eigenvalue weighted by Crippen LogP contribution is -2.39. The molecular formula is C16H25N3O. The minimum atomic E-state index is 0.0390. The number of nitrogens with zero attached hydrogens (tertiary/aromatic N) is 2. The molecule has 0 aromatic carbocycles. The van der Waals surface area contributed by atoms with Crippen LogP contribution in [0.2, 0.25) is 0 Å². The van der Waals surface area contributed by atoms with E-state index in [4.69, 9.17) is 0 Å². The van der Waals surface area contributed by atoms with Crippen molar-refractivity contribution >= 4 is 17.4 Å². The van der Waals surface area contributed by atoms with Crippen molar-refractivity contribution < 1.29 is 4.79 Å². The van der Waals surface area contributed by atoms with Gasteiger partial charge in [-0.2, -0.15) is 0 Å². The molecular weight excluding hydrogens is 250 g/mol. The van der Waals surface area contributed by atoms with E-state index in [9.17, 15) is 4.79 Å². The van der Waals surface area contributed by atoms with Gasteiger partial charge in [0.2, 0.25) is 5.91 Å². The second-order valence-corrected chi connectivity index (χ2v) is 5.45. The largest absolute Gasteiger partial charge is 0.367 e.